The molecule has 0 bridgehead atoms. The smallest absolute Gasteiger partial charge is 0.0223 e. The summed E-state index contributed by atoms with van der Waals surface area (Å²) in [6, 6.07) is 0. The van der Waals surface area contributed by atoms with Crippen LogP contribution in [0.5, 0.6) is 0 Å². The van der Waals surface area contributed by atoms with E-state index in [1.807, 2.05) is 6.08 Å². The molecule has 0 aromatic rings. The summed E-state index contributed by atoms with van der Waals surface area (Å²) in [5, 5.41) is 0. The van der Waals surface area contributed by atoms with Crippen LogP contribution in [-0.2, 0) is 0 Å². The van der Waals surface area contributed by atoms with Crippen molar-refractivity contribution in [3.05, 3.63) is 11.6 Å². The van der Waals surface area contributed by atoms with Gasteiger partial charge < -0.3 is 4.90 Å². The van der Waals surface area contributed by atoms with Gasteiger partial charge in [0.25, 0.3) is 0 Å². The fraction of sp³-hybridized carbons (Fsp3) is 0.778. The summed E-state index contributed by atoms with van der Waals surface area (Å²) < 4.78 is 0. The first-order chi connectivity index (χ1) is 5.81. The average molecular weight is 210 g/mol. The molecule has 0 N–H and O–H groups in total. The first kappa shape index (κ1) is 12.3. The van der Waals surface area contributed by atoms with Crippen molar-refractivity contribution in [1.29, 1.82) is 0 Å². The van der Waals surface area contributed by atoms with Crippen LogP contribution in [0.3, 0.4) is 0 Å². The van der Waals surface area contributed by atoms with E-state index in [1.165, 1.54) is 12.8 Å². The van der Waals surface area contributed by atoms with Gasteiger partial charge in [0.1, 0.15) is 0 Å². The fourth-order valence-electron chi connectivity index (χ4n) is 0.964. The normalized spacial score (nSPS) is 11.7. The molecule has 12 heavy (non-hydrogen) atoms. The number of unbranched alkanes of at least 4 members (excludes halogenated alkanes) is 2. The molecule has 0 heterocycles. The molecule has 0 aliphatic heterocycles. The molecule has 0 radical (unpaired) electrons. The Kier molecular flexibility index (Phi) is 9.59. The Morgan fingerprint density at radius 2 is 2.00 bits per heavy atom. The van der Waals surface area contributed by atoms with Crippen LogP contribution in [0.25, 0.3) is 0 Å². The minimum absolute atomic E-state index is 0.783. The van der Waals surface area contributed by atoms with Gasteiger partial charge in [-0.1, -0.05) is 24.1 Å². The standard InChI is InChI=1S/C9H17Cl2N/c1-12(9-5-7-11)8-4-2-3-6-10/h5,7H,2-4,6,8-9H2,1H3/b7-5+. The van der Waals surface area contributed by atoms with Gasteiger partial charge in [-0.15, -0.1) is 11.6 Å². The molecule has 0 rings (SSSR count). The van der Waals surface area contributed by atoms with Gasteiger partial charge in [-0.25, -0.2) is 0 Å². The van der Waals surface area contributed by atoms with Crippen molar-refractivity contribution in [2.75, 3.05) is 26.0 Å². The lowest BCUT2D eigenvalue weighted by atomic mass is 10.2. The van der Waals surface area contributed by atoms with Crippen molar-refractivity contribution in [3.63, 3.8) is 0 Å². The van der Waals surface area contributed by atoms with Crippen molar-refractivity contribution < 1.29 is 0 Å². The molecule has 0 aliphatic carbocycles. The van der Waals surface area contributed by atoms with E-state index in [0.717, 1.165) is 25.4 Å². The number of nitrogens with zero attached hydrogens (tertiary/aromatic N) is 1. The van der Waals surface area contributed by atoms with Crippen molar-refractivity contribution in [3.8, 4) is 0 Å². The number of hydrogen-bond donors (Lipinski definition) is 0. The molecular weight excluding hydrogens is 193 g/mol. The van der Waals surface area contributed by atoms with E-state index in [1.54, 1.807) is 5.54 Å². The Morgan fingerprint density at radius 3 is 2.58 bits per heavy atom. The highest BCUT2D eigenvalue weighted by Gasteiger charge is 1.94. The molecule has 1 nitrogen and oxygen atoms in total. The molecule has 0 amide bonds. The van der Waals surface area contributed by atoms with Gasteiger partial charge in [0, 0.05) is 18.0 Å². The van der Waals surface area contributed by atoms with E-state index in [-0.39, 0.29) is 0 Å². The van der Waals surface area contributed by atoms with Crippen LogP contribution >= 0.6 is 23.2 Å². The van der Waals surface area contributed by atoms with E-state index in [0.29, 0.717) is 0 Å². The zero-order chi connectivity index (χ0) is 9.23. The van der Waals surface area contributed by atoms with Crippen molar-refractivity contribution in [1.82, 2.24) is 4.90 Å². The summed E-state index contributed by atoms with van der Waals surface area (Å²) in [7, 11) is 2.09. The third kappa shape index (κ3) is 8.38. The average Bonchev–Trinajstić information content (AvgIpc) is 2.09. The van der Waals surface area contributed by atoms with Gasteiger partial charge in [0.15, 0.2) is 0 Å². The molecule has 0 aromatic heterocycles. The summed E-state index contributed by atoms with van der Waals surface area (Å²) >= 11 is 11.0. The molecule has 0 saturated carbocycles. The molecule has 0 saturated heterocycles. The highest BCUT2D eigenvalue weighted by atomic mass is 35.5. The Bertz CT molecular complexity index is 115. The quantitative estimate of drug-likeness (QED) is 0.461. The maximum atomic E-state index is 5.56. The predicted octanol–water partition coefficient (Wildman–Crippen LogP) is 3.08. The van der Waals surface area contributed by atoms with E-state index in [4.69, 9.17) is 23.2 Å². The van der Waals surface area contributed by atoms with Crippen LogP contribution in [0.2, 0.25) is 0 Å². The number of hydrogen-bond acceptors (Lipinski definition) is 1. The van der Waals surface area contributed by atoms with Gasteiger partial charge in [-0.3, -0.25) is 0 Å². The Labute approximate surface area is 85.3 Å². The highest BCUT2D eigenvalue weighted by Crippen LogP contribution is 1.98. The largest absolute Gasteiger partial charge is 0.303 e. The first-order valence-electron chi connectivity index (χ1n) is 4.31. The zero-order valence-electron chi connectivity index (χ0n) is 7.60. The Morgan fingerprint density at radius 1 is 1.25 bits per heavy atom. The molecular formula is C9H17Cl2N. The second-order valence-electron chi connectivity index (χ2n) is 2.87. The third-order valence-electron chi connectivity index (χ3n) is 1.68. The summed E-state index contributed by atoms with van der Waals surface area (Å²) in [6.45, 7) is 2.06. The van der Waals surface area contributed by atoms with E-state index in [2.05, 4.69) is 11.9 Å². The van der Waals surface area contributed by atoms with Crippen LogP contribution in [0.4, 0.5) is 0 Å². The number of halogens is 2. The van der Waals surface area contributed by atoms with Gasteiger partial charge in [0.2, 0.25) is 0 Å². The SMILES string of the molecule is CN(C/C=C/Cl)CCCCCCl. The highest BCUT2D eigenvalue weighted by molar-refractivity contribution is 6.25. The molecule has 0 atom stereocenters. The Hall–Kier alpha value is 0.280. The van der Waals surface area contributed by atoms with Crippen LogP contribution in [-0.4, -0.2) is 30.9 Å². The first-order valence-corrected chi connectivity index (χ1v) is 5.28. The van der Waals surface area contributed by atoms with Gasteiger partial charge >= 0.3 is 0 Å². The number of likely N-dealkylation sites (N-methyl/N-ethyl adjacent to an activating group) is 1. The van der Waals surface area contributed by atoms with E-state index >= 15 is 0 Å². The predicted molar refractivity (Wildman–Crippen MR) is 57.1 cm³/mol. The monoisotopic (exact) mass is 209 g/mol. The van der Waals surface area contributed by atoms with E-state index < -0.39 is 0 Å². The van der Waals surface area contributed by atoms with Gasteiger partial charge in [-0.2, -0.15) is 0 Å². The summed E-state index contributed by atoms with van der Waals surface area (Å²) in [5.41, 5.74) is 1.56. The summed E-state index contributed by atoms with van der Waals surface area (Å²) in [4.78, 5) is 2.24. The minimum atomic E-state index is 0.783. The molecule has 0 aromatic carbocycles. The molecule has 3 heteroatoms. The van der Waals surface area contributed by atoms with Crippen LogP contribution in [0, 0.1) is 0 Å². The van der Waals surface area contributed by atoms with E-state index in [9.17, 15) is 0 Å². The van der Waals surface area contributed by atoms with Crippen LogP contribution < -0.4 is 0 Å². The van der Waals surface area contributed by atoms with Crippen molar-refractivity contribution in [2.45, 2.75) is 19.3 Å². The summed E-state index contributed by atoms with van der Waals surface area (Å²) in [5.74, 6) is 0.783. The maximum Gasteiger partial charge on any atom is 0.0223 e. The van der Waals surface area contributed by atoms with Crippen LogP contribution in [0.15, 0.2) is 11.6 Å². The second kappa shape index (κ2) is 9.37. The lowest BCUT2D eigenvalue weighted by Gasteiger charge is -2.13. The minimum Gasteiger partial charge on any atom is -0.303 e. The fourth-order valence-corrected chi connectivity index (χ4v) is 1.23. The molecule has 0 spiro atoms. The lowest BCUT2D eigenvalue weighted by molar-refractivity contribution is 0.359. The van der Waals surface area contributed by atoms with Gasteiger partial charge in [-0.05, 0) is 26.4 Å². The third-order valence-corrected chi connectivity index (χ3v) is 2.13. The Balaban J connectivity index is 3.13. The molecule has 72 valence electrons. The number of alkyl halides is 1. The summed E-state index contributed by atoms with van der Waals surface area (Å²) in [6.07, 6.45) is 5.52. The van der Waals surface area contributed by atoms with Crippen molar-refractivity contribution in [2.24, 2.45) is 0 Å². The number of rotatable bonds is 7. The molecule has 0 fully saturated rings. The molecule has 0 aliphatic rings. The zero-order valence-corrected chi connectivity index (χ0v) is 9.11. The lowest BCUT2D eigenvalue weighted by Crippen LogP contribution is -2.19. The van der Waals surface area contributed by atoms with Crippen molar-refractivity contribution >= 4 is 23.2 Å². The van der Waals surface area contributed by atoms with Crippen LogP contribution in [0.1, 0.15) is 19.3 Å². The second-order valence-corrected chi connectivity index (χ2v) is 3.50. The molecule has 0 unspecified atom stereocenters. The van der Waals surface area contributed by atoms with Gasteiger partial charge in [0.05, 0.1) is 0 Å². The topological polar surface area (TPSA) is 3.24 Å². The maximum absolute atomic E-state index is 5.56.